The first-order valence-electron chi connectivity index (χ1n) is 11.9. The number of pyridine rings is 1. The lowest BCUT2D eigenvalue weighted by Gasteiger charge is -2.29. The summed E-state index contributed by atoms with van der Waals surface area (Å²) in [7, 11) is 1.46. The topological polar surface area (TPSA) is 160 Å². The van der Waals surface area contributed by atoms with Crippen LogP contribution in [0.4, 0.5) is 14.7 Å². The summed E-state index contributed by atoms with van der Waals surface area (Å²) in [6, 6.07) is 7.24. The van der Waals surface area contributed by atoms with Crippen LogP contribution < -0.4 is 21.3 Å². The van der Waals surface area contributed by atoms with Gasteiger partial charge < -0.3 is 26.0 Å². The van der Waals surface area contributed by atoms with Crippen molar-refractivity contribution in [2.75, 3.05) is 26.0 Å². The van der Waals surface area contributed by atoms with Crippen LogP contribution in [-0.2, 0) is 4.84 Å². The fourth-order valence-electron chi connectivity index (χ4n) is 4.66. The standard InChI is InChI=1S/C25H27F2N7O4/c1-11-19-22(33-25(28)30-11)20(27)21(32-24(19)34-38-10-16-23(36)17(35)9-29-16)13-7-6-12(26)8-14(13)15-4-3-5-18(31-15)37-2/h3-8,16-17,20-21,23,29,35-36H,9-10H2,1-2H3,(H,32,34)(H2,28,30,33)/t16?,17?,20?,21-,23?/m0/s1. The SMILES string of the molecule is COc1cccc(-c2cc(F)ccc2[C@@H]2N=C(NOCC3NCC(O)C3O)c3c(C)nc(N)nc3C2F)n1. The number of aromatic nitrogens is 3. The largest absolute Gasteiger partial charge is 0.481 e. The van der Waals surface area contributed by atoms with Crippen molar-refractivity contribution in [1.29, 1.82) is 0 Å². The molecule has 1 fully saturated rings. The van der Waals surface area contributed by atoms with Gasteiger partial charge in [0.05, 0.1) is 54.6 Å². The summed E-state index contributed by atoms with van der Waals surface area (Å²) < 4.78 is 35.7. The molecule has 5 atom stereocenters. The number of ether oxygens (including phenoxy) is 1. The van der Waals surface area contributed by atoms with E-state index in [4.69, 9.17) is 15.3 Å². The number of anilines is 1. The number of rotatable bonds is 6. The van der Waals surface area contributed by atoms with Crippen LogP contribution in [0.25, 0.3) is 11.3 Å². The minimum absolute atomic E-state index is 0.00410. The summed E-state index contributed by atoms with van der Waals surface area (Å²) in [5.41, 5.74) is 10.3. The van der Waals surface area contributed by atoms with E-state index in [2.05, 4.69) is 30.7 Å². The summed E-state index contributed by atoms with van der Waals surface area (Å²) in [5.74, 6) is -0.186. The van der Waals surface area contributed by atoms with Crippen LogP contribution in [-0.4, -0.2) is 69.5 Å². The van der Waals surface area contributed by atoms with E-state index in [1.807, 2.05) is 0 Å². The molecule has 3 aromatic rings. The maximum atomic E-state index is 16.1. The third kappa shape index (κ3) is 4.88. The Labute approximate surface area is 216 Å². The highest BCUT2D eigenvalue weighted by Gasteiger charge is 2.38. The molecule has 1 aromatic carbocycles. The second-order valence-electron chi connectivity index (χ2n) is 9.03. The van der Waals surface area contributed by atoms with Crippen LogP contribution in [0.1, 0.15) is 34.7 Å². The van der Waals surface area contributed by atoms with Crippen molar-refractivity contribution in [2.45, 2.75) is 37.4 Å². The second-order valence-corrected chi connectivity index (χ2v) is 9.03. The number of benzene rings is 1. The highest BCUT2D eigenvalue weighted by molar-refractivity contribution is 6.01. The van der Waals surface area contributed by atoms with Crippen LogP contribution in [0.15, 0.2) is 41.4 Å². The fraction of sp³-hybridized carbons (Fsp3) is 0.360. The van der Waals surface area contributed by atoms with Gasteiger partial charge in [-0.05, 0) is 30.7 Å². The summed E-state index contributed by atoms with van der Waals surface area (Å²) in [5, 5.41) is 22.8. The van der Waals surface area contributed by atoms with Gasteiger partial charge in [-0.2, -0.15) is 0 Å². The van der Waals surface area contributed by atoms with Gasteiger partial charge in [-0.25, -0.2) is 29.2 Å². The summed E-state index contributed by atoms with van der Waals surface area (Å²) in [4.78, 5) is 22.9. The molecule has 0 bridgehead atoms. The number of hydroxylamine groups is 1. The average molecular weight is 528 g/mol. The van der Waals surface area contributed by atoms with Crippen molar-refractivity contribution in [3.05, 3.63) is 64.7 Å². The number of alkyl halides is 1. The highest BCUT2D eigenvalue weighted by atomic mass is 19.1. The van der Waals surface area contributed by atoms with Crippen LogP contribution in [0.5, 0.6) is 5.88 Å². The number of aliphatic hydroxyl groups is 2. The van der Waals surface area contributed by atoms with Gasteiger partial charge in [-0.1, -0.05) is 12.1 Å². The number of methoxy groups -OCH3 is 1. The molecule has 0 radical (unpaired) electrons. The number of amidine groups is 1. The van der Waals surface area contributed by atoms with E-state index in [0.717, 1.165) is 0 Å². The van der Waals surface area contributed by atoms with E-state index in [9.17, 15) is 14.6 Å². The molecule has 13 heteroatoms. The first-order chi connectivity index (χ1) is 18.3. The van der Waals surface area contributed by atoms with E-state index in [1.165, 1.54) is 25.3 Å². The van der Waals surface area contributed by atoms with Crippen LogP contribution in [0, 0.1) is 12.7 Å². The molecule has 0 spiro atoms. The van der Waals surface area contributed by atoms with E-state index < -0.39 is 36.3 Å². The average Bonchev–Trinajstić information content (AvgIpc) is 3.22. The summed E-state index contributed by atoms with van der Waals surface area (Å²) in [6.45, 7) is 1.84. The van der Waals surface area contributed by atoms with Crippen LogP contribution in [0.3, 0.4) is 0 Å². The van der Waals surface area contributed by atoms with Crippen molar-refractivity contribution in [3.8, 4) is 17.1 Å². The number of nitrogen functional groups attached to an aromatic ring is 1. The first-order valence-corrected chi connectivity index (χ1v) is 11.9. The number of halogens is 2. The molecule has 5 rings (SSSR count). The Morgan fingerprint density at radius 2 is 2.00 bits per heavy atom. The molecule has 0 aliphatic carbocycles. The van der Waals surface area contributed by atoms with Crippen molar-refractivity contribution < 1.29 is 28.6 Å². The van der Waals surface area contributed by atoms with Gasteiger partial charge in [0.15, 0.2) is 12.0 Å². The molecule has 2 aliphatic rings. The zero-order chi connectivity index (χ0) is 27.0. The minimum Gasteiger partial charge on any atom is -0.481 e. The monoisotopic (exact) mass is 527 g/mol. The molecule has 11 nitrogen and oxygen atoms in total. The zero-order valence-corrected chi connectivity index (χ0v) is 20.6. The molecule has 4 unspecified atom stereocenters. The molecule has 6 N–H and O–H groups in total. The number of aryl methyl sites for hydroxylation is 1. The van der Waals surface area contributed by atoms with E-state index in [-0.39, 0.29) is 36.2 Å². The number of fused-ring (bicyclic) bond motifs is 1. The molecule has 2 aliphatic heterocycles. The van der Waals surface area contributed by atoms with Gasteiger partial charge in [-0.3, -0.25) is 9.83 Å². The van der Waals surface area contributed by atoms with Gasteiger partial charge in [0.1, 0.15) is 11.9 Å². The highest BCUT2D eigenvalue weighted by Crippen LogP contribution is 2.44. The normalized spacial score (nSPS) is 24.6. The number of nitrogens with zero attached hydrogens (tertiary/aromatic N) is 4. The molecular formula is C25H27F2N7O4. The lowest BCUT2D eigenvalue weighted by molar-refractivity contribution is 0.00222. The number of aliphatic hydroxyl groups excluding tert-OH is 2. The number of β-amino-alcohol motifs (C(OH)–C–C–N with tert-alkyl or cyclic N) is 1. The number of hydrogen-bond acceptors (Lipinski definition) is 11. The Morgan fingerprint density at radius 1 is 1.18 bits per heavy atom. The van der Waals surface area contributed by atoms with E-state index >= 15 is 4.39 Å². The minimum atomic E-state index is -1.75. The molecule has 0 amide bonds. The summed E-state index contributed by atoms with van der Waals surface area (Å²) in [6.07, 6.45) is -3.67. The van der Waals surface area contributed by atoms with Crippen molar-refractivity contribution in [3.63, 3.8) is 0 Å². The third-order valence-corrected chi connectivity index (χ3v) is 6.55. The van der Waals surface area contributed by atoms with Crippen molar-refractivity contribution in [1.82, 2.24) is 25.7 Å². The smallest absolute Gasteiger partial charge is 0.220 e. The third-order valence-electron chi connectivity index (χ3n) is 6.55. The Bertz CT molecular complexity index is 1380. The predicted octanol–water partition coefficient (Wildman–Crippen LogP) is 1.30. The Hall–Kier alpha value is -3.78. The van der Waals surface area contributed by atoms with Crippen molar-refractivity contribution in [2.24, 2.45) is 4.99 Å². The fourth-order valence-corrected chi connectivity index (χ4v) is 4.66. The van der Waals surface area contributed by atoms with Crippen molar-refractivity contribution >= 4 is 11.8 Å². The molecule has 2 aromatic heterocycles. The van der Waals surface area contributed by atoms with Gasteiger partial charge in [0.2, 0.25) is 11.8 Å². The lowest BCUT2D eigenvalue weighted by Crippen LogP contribution is -2.41. The van der Waals surface area contributed by atoms with Crippen LogP contribution >= 0.6 is 0 Å². The maximum absolute atomic E-state index is 16.1. The molecule has 0 saturated carbocycles. The molecule has 1 saturated heterocycles. The number of nitrogens with two attached hydrogens (primary N) is 1. The quantitative estimate of drug-likeness (QED) is 0.296. The first kappa shape index (κ1) is 25.9. The van der Waals surface area contributed by atoms with Gasteiger partial charge >= 0.3 is 0 Å². The lowest BCUT2D eigenvalue weighted by atomic mass is 9.90. The van der Waals surface area contributed by atoms with Gasteiger partial charge in [0, 0.05) is 18.2 Å². The molecule has 4 heterocycles. The second kappa shape index (κ2) is 10.5. The van der Waals surface area contributed by atoms with Gasteiger partial charge in [-0.15, -0.1) is 0 Å². The number of hydrogen-bond donors (Lipinski definition) is 5. The predicted molar refractivity (Wildman–Crippen MR) is 133 cm³/mol. The van der Waals surface area contributed by atoms with Crippen LogP contribution in [0.2, 0.25) is 0 Å². The Balaban J connectivity index is 1.54. The summed E-state index contributed by atoms with van der Waals surface area (Å²) >= 11 is 0. The molecule has 200 valence electrons. The molecule has 38 heavy (non-hydrogen) atoms. The Kier molecular flexibility index (Phi) is 7.17. The van der Waals surface area contributed by atoms with E-state index in [0.29, 0.717) is 28.4 Å². The number of nitrogens with one attached hydrogen (secondary N) is 2. The van der Waals surface area contributed by atoms with E-state index in [1.54, 1.807) is 25.1 Å². The van der Waals surface area contributed by atoms with Gasteiger partial charge in [0.25, 0.3) is 0 Å². The molecular weight excluding hydrogens is 500 g/mol. The maximum Gasteiger partial charge on any atom is 0.220 e. The number of aliphatic imine (C=N–C) groups is 1. The Morgan fingerprint density at radius 3 is 2.74 bits per heavy atom. The zero-order valence-electron chi connectivity index (χ0n) is 20.6.